The molecule has 2 saturated heterocycles. The van der Waals surface area contributed by atoms with Crippen LogP contribution in [0.3, 0.4) is 0 Å². The Hall–Kier alpha value is -0.610. The third-order valence-corrected chi connectivity index (χ3v) is 3.34. The van der Waals surface area contributed by atoms with Crippen LogP contribution in [0.2, 0.25) is 0 Å². The zero-order valence-corrected chi connectivity index (χ0v) is 7.86. The van der Waals surface area contributed by atoms with Gasteiger partial charge < -0.3 is 10.4 Å². The summed E-state index contributed by atoms with van der Waals surface area (Å²) in [5.41, 5.74) is 0. The van der Waals surface area contributed by atoms with E-state index in [1.807, 2.05) is 0 Å². The second-order valence-corrected chi connectivity index (χ2v) is 4.03. The van der Waals surface area contributed by atoms with Crippen LogP contribution in [0.25, 0.3) is 0 Å². The molecule has 0 aromatic carbocycles. The number of hydrogen-bond donors (Lipinski definition) is 2. The molecule has 0 bridgehead atoms. The molecule has 4 nitrogen and oxygen atoms in total. The third-order valence-electron chi connectivity index (χ3n) is 3.34. The number of nitrogens with one attached hydrogen (secondary N) is 1. The van der Waals surface area contributed by atoms with E-state index in [4.69, 9.17) is 5.11 Å². The van der Waals surface area contributed by atoms with E-state index in [0.717, 1.165) is 26.1 Å². The maximum absolute atomic E-state index is 10.8. The number of aliphatic carboxylic acids is 1. The Labute approximate surface area is 77.9 Å². The number of likely N-dealkylation sites (tertiary alicyclic amines) is 1. The lowest BCUT2D eigenvalue weighted by Crippen LogP contribution is -2.44. The van der Waals surface area contributed by atoms with Crippen molar-refractivity contribution in [2.75, 3.05) is 19.6 Å². The Balaban J connectivity index is 2.04. The number of carbonyl (C=O) groups is 1. The van der Waals surface area contributed by atoms with E-state index in [1.54, 1.807) is 6.92 Å². The second-order valence-electron chi connectivity index (χ2n) is 4.03. The van der Waals surface area contributed by atoms with Gasteiger partial charge in [-0.05, 0) is 32.4 Å². The molecule has 2 N–H and O–H groups in total. The van der Waals surface area contributed by atoms with Gasteiger partial charge in [0.15, 0.2) is 0 Å². The van der Waals surface area contributed by atoms with Crippen LogP contribution in [0, 0.1) is 5.92 Å². The lowest BCUT2D eigenvalue weighted by molar-refractivity contribution is -0.142. The third kappa shape index (κ3) is 1.44. The number of carboxylic acid groups (broad SMARTS) is 1. The summed E-state index contributed by atoms with van der Waals surface area (Å²) in [6.07, 6.45) is 1.15. The minimum Gasteiger partial charge on any atom is -0.480 e. The van der Waals surface area contributed by atoms with Crippen molar-refractivity contribution in [1.82, 2.24) is 10.2 Å². The van der Waals surface area contributed by atoms with Crippen LogP contribution >= 0.6 is 0 Å². The quantitative estimate of drug-likeness (QED) is 0.621. The van der Waals surface area contributed by atoms with Crippen LogP contribution in [-0.4, -0.2) is 47.7 Å². The molecule has 2 aliphatic rings. The number of hydrogen-bond acceptors (Lipinski definition) is 3. The van der Waals surface area contributed by atoms with Crippen LogP contribution in [0.15, 0.2) is 0 Å². The molecule has 3 atom stereocenters. The van der Waals surface area contributed by atoms with E-state index in [2.05, 4.69) is 10.2 Å². The molecule has 0 radical (unpaired) electrons. The second kappa shape index (κ2) is 3.27. The normalized spacial score (nSPS) is 36.1. The summed E-state index contributed by atoms with van der Waals surface area (Å²) in [5, 5.41) is 12.2. The molecule has 0 aromatic rings. The summed E-state index contributed by atoms with van der Waals surface area (Å²) in [4.78, 5) is 12.9. The summed E-state index contributed by atoms with van der Waals surface area (Å²) in [6, 6.07) is 0.140. The largest absolute Gasteiger partial charge is 0.480 e. The molecular weight excluding hydrogens is 168 g/mol. The fourth-order valence-electron chi connectivity index (χ4n) is 2.51. The summed E-state index contributed by atoms with van der Waals surface area (Å²) in [6.45, 7) is 4.75. The van der Waals surface area contributed by atoms with Crippen molar-refractivity contribution in [3.63, 3.8) is 0 Å². The molecule has 0 aliphatic carbocycles. The van der Waals surface area contributed by atoms with Gasteiger partial charge >= 0.3 is 5.97 Å². The lowest BCUT2D eigenvalue weighted by Gasteiger charge is -2.26. The monoisotopic (exact) mass is 184 g/mol. The summed E-state index contributed by atoms with van der Waals surface area (Å²) in [5.74, 6) is -0.0191. The zero-order valence-electron chi connectivity index (χ0n) is 7.86. The van der Waals surface area contributed by atoms with E-state index in [9.17, 15) is 4.79 Å². The summed E-state index contributed by atoms with van der Waals surface area (Å²) >= 11 is 0. The van der Waals surface area contributed by atoms with Crippen LogP contribution < -0.4 is 5.32 Å². The Morgan fingerprint density at radius 1 is 1.62 bits per heavy atom. The molecule has 2 rings (SSSR count). The highest BCUT2D eigenvalue weighted by Crippen LogP contribution is 2.28. The Morgan fingerprint density at radius 2 is 2.38 bits per heavy atom. The molecule has 1 unspecified atom stereocenters. The average Bonchev–Trinajstić information content (AvgIpc) is 2.61. The summed E-state index contributed by atoms with van der Waals surface area (Å²) < 4.78 is 0. The maximum atomic E-state index is 10.8. The van der Waals surface area contributed by atoms with Crippen LogP contribution in [-0.2, 0) is 4.79 Å². The molecule has 0 spiro atoms. The Bertz CT molecular complexity index is 220. The standard InChI is InChI=1S/C9H16N2O2/c1-6(9(12)13)11-3-2-7-4-10-5-8(7)11/h6-8,10H,2-5H2,1H3,(H,12,13)/t6?,7-,8+/m1/s1. The van der Waals surface area contributed by atoms with E-state index in [0.29, 0.717) is 12.0 Å². The van der Waals surface area contributed by atoms with Crippen molar-refractivity contribution in [3.05, 3.63) is 0 Å². The molecule has 2 fully saturated rings. The molecule has 0 aromatic heterocycles. The molecule has 4 heteroatoms. The minimum absolute atomic E-state index is 0.324. The van der Waals surface area contributed by atoms with Gasteiger partial charge in [-0.25, -0.2) is 0 Å². The van der Waals surface area contributed by atoms with Crippen molar-refractivity contribution in [2.45, 2.75) is 25.4 Å². The van der Waals surface area contributed by atoms with E-state index in [-0.39, 0.29) is 6.04 Å². The van der Waals surface area contributed by atoms with Crippen LogP contribution in [0.5, 0.6) is 0 Å². The van der Waals surface area contributed by atoms with E-state index >= 15 is 0 Å². The number of carboxylic acids is 1. The Kier molecular flexibility index (Phi) is 2.26. The van der Waals surface area contributed by atoms with Crippen molar-refractivity contribution >= 4 is 5.97 Å². The van der Waals surface area contributed by atoms with Crippen molar-refractivity contribution < 1.29 is 9.90 Å². The first kappa shape index (κ1) is 8.97. The van der Waals surface area contributed by atoms with Crippen LogP contribution in [0.1, 0.15) is 13.3 Å². The topological polar surface area (TPSA) is 52.6 Å². The zero-order chi connectivity index (χ0) is 9.42. The number of rotatable bonds is 2. The predicted molar refractivity (Wildman–Crippen MR) is 48.6 cm³/mol. The highest BCUT2D eigenvalue weighted by atomic mass is 16.4. The molecule has 0 amide bonds. The predicted octanol–water partition coefficient (Wildman–Crippen LogP) is -0.247. The molecule has 2 heterocycles. The number of fused-ring (bicyclic) bond motifs is 1. The van der Waals surface area contributed by atoms with Gasteiger partial charge in [-0.2, -0.15) is 0 Å². The van der Waals surface area contributed by atoms with Crippen LogP contribution in [0.4, 0.5) is 0 Å². The minimum atomic E-state index is -0.701. The fraction of sp³-hybridized carbons (Fsp3) is 0.889. The highest BCUT2D eigenvalue weighted by Gasteiger charge is 2.41. The van der Waals surface area contributed by atoms with E-state index < -0.39 is 5.97 Å². The van der Waals surface area contributed by atoms with Gasteiger partial charge in [0, 0.05) is 12.6 Å². The first-order valence-electron chi connectivity index (χ1n) is 4.89. The van der Waals surface area contributed by atoms with Crippen molar-refractivity contribution in [3.8, 4) is 0 Å². The van der Waals surface area contributed by atoms with Gasteiger partial charge in [0.05, 0.1) is 0 Å². The van der Waals surface area contributed by atoms with Gasteiger partial charge in [0.1, 0.15) is 6.04 Å². The lowest BCUT2D eigenvalue weighted by atomic mass is 10.0. The van der Waals surface area contributed by atoms with Crippen molar-refractivity contribution in [1.29, 1.82) is 0 Å². The number of nitrogens with zero attached hydrogens (tertiary/aromatic N) is 1. The van der Waals surface area contributed by atoms with Gasteiger partial charge in [0.2, 0.25) is 0 Å². The van der Waals surface area contributed by atoms with Gasteiger partial charge in [-0.3, -0.25) is 9.69 Å². The molecular formula is C9H16N2O2. The van der Waals surface area contributed by atoms with E-state index in [1.165, 1.54) is 0 Å². The maximum Gasteiger partial charge on any atom is 0.320 e. The Morgan fingerprint density at radius 3 is 3.08 bits per heavy atom. The first-order chi connectivity index (χ1) is 6.20. The summed E-state index contributed by atoms with van der Waals surface area (Å²) in [7, 11) is 0. The van der Waals surface area contributed by atoms with Crippen molar-refractivity contribution in [2.24, 2.45) is 5.92 Å². The fourth-order valence-corrected chi connectivity index (χ4v) is 2.51. The first-order valence-corrected chi connectivity index (χ1v) is 4.89. The molecule has 0 saturated carbocycles. The SMILES string of the molecule is CC(C(=O)O)N1CC[C@@H]2CNC[C@@H]21. The van der Waals surface area contributed by atoms with Gasteiger partial charge in [0.25, 0.3) is 0 Å². The average molecular weight is 184 g/mol. The van der Waals surface area contributed by atoms with Gasteiger partial charge in [-0.1, -0.05) is 0 Å². The molecule has 2 aliphatic heterocycles. The highest BCUT2D eigenvalue weighted by molar-refractivity contribution is 5.73. The molecule has 74 valence electrons. The molecule has 13 heavy (non-hydrogen) atoms. The van der Waals surface area contributed by atoms with Gasteiger partial charge in [-0.15, -0.1) is 0 Å². The smallest absolute Gasteiger partial charge is 0.320 e.